The molecule has 0 heterocycles. The van der Waals surface area contributed by atoms with Gasteiger partial charge in [-0.15, -0.1) is 0 Å². The van der Waals surface area contributed by atoms with Crippen molar-refractivity contribution in [3.63, 3.8) is 0 Å². The van der Waals surface area contributed by atoms with Crippen molar-refractivity contribution >= 4 is 17.6 Å². The molecular formula is C19H26N2O3. The quantitative estimate of drug-likeness (QED) is 0.474. The molecule has 24 heavy (non-hydrogen) atoms. The molecule has 1 saturated carbocycles. The van der Waals surface area contributed by atoms with Crippen molar-refractivity contribution in [1.82, 2.24) is 5.43 Å². The highest BCUT2D eigenvalue weighted by molar-refractivity contribution is 6.01. The Morgan fingerprint density at radius 2 is 1.96 bits per heavy atom. The van der Waals surface area contributed by atoms with E-state index in [1.54, 1.807) is 13.8 Å². The van der Waals surface area contributed by atoms with Crippen molar-refractivity contribution in [1.29, 1.82) is 0 Å². The average molecular weight is 330 g/mol. The van der Waals surface area contributed by atoms with Crippen molar-refractivity contribution in [3.8, 4) is 0 Å². The summed E-state index contributed by atoms with van der Waals surface area (Å²) >= 11 is 0. The molecule has 1 fully saturated rings. The molecule has 1 aliphatic rings. The van der Waals surface area contributed by atoms with E-state index in [9.17, 15) is 9.59 Å². The van der Waals surface area contributed by atoms with Crippen LogP contribution in [0.25, 0.3) is 0 Å². The van der Waals surface area contributed by atoms with Gasteiger partial charge in [-0.2, -0.15) is 5.10 Å². The van der Waals surface area contributed by atoms with Crippen LogP contribution < -0.4 is 5.43 Å². The number of amides is 1. The minimum absolute atomic E-state index is 0.0379. The number of carbonyl (C=O) groups is 2. The third-order valence-corrected chi connectivity index (χ3v) is 4.35. The van der Waals surface area contributed by atoms with Crippen LogP contribution >= 0.6 is 0 Å². The average Bonchev–Trinajstić information content (AvgIpc) is 3.34. The van der Waals surface area contributed by atoms with Gasteiger partial charge < -0.3 is 4.74 Å². The summed E-state index contributed by atoms with van der Waals surface area (Å²) in [5.74, 6) is -0.528. The van der Waals surface area contributed by atoms with Crippen LogP contribution in [0.1, 0.15) is 45.6 Å². The first kappa shape index (κ1) is 18.2. The molecular weight excluding hydrogens is 304 g/mol. The van der Waals surface area contributed by atoms with E-state index in [1.807, 2.05) is 44.2 Å². The fourth-order valence-electron chi connectivity index (χ4n) is 3.01. The summed E-state index contributed by atoms with van der Waals surface area (Å²) in [6, 6.07) is 10.0. The highest BCUT2D eigenvalue weighted by atomic mass is 16.5. The molecule has 0 aromatic heterocycles. The highest BCUT2D eigenvalue weighted by Gasteiger charge is 2.44. The molecule has 5 heteroatoms. The maximum absolute atomic E-state index is 12.2. The summed E-state index contributed by atoms with van der Waals surface area (Å²) in [5, 5.41) is 4.15. The highest BCUT2D eigenvalue weighted by Crippen LogP contribution is 2.47. The monoisotopic (exact) mass is 330 g/mol. The second kappa shape index (κ2) is 8.08. The Labute approximate surface area is 143 Å². The molecule has 0 aliphatic heterocycles. The zero-order valence-electron chi connectivity index (χ0n) is 14.8. The summed E-state index contributed by atoms with van der Waals surface area (Å²) in [7, 11) is 0. The van der Waals surface area contributed by atoms with Gasteiger partial charge in [0.25, 0.3) is 0 Å². The number of nitrogens with one attached hydrogen (secondary N) is 1. The molecule has 1 aromatic carbocycles. The third-order valence-electron chi connectivity index (χ3n) is 4.35. The van der Waals surface area contributed by atoms with Gasteiger partial charge in [0.2, 0.25) is 5.91 Å². The number of ether oxygens (including phenoxy) is 1. The number of esters is 1. The van der Waals surface area contributed by atoms with Gasteiger partial charge in [-0.05, 0) is 37.7 Å². The lowest BCUT2D eigenvalue weighted by molar-refractivity contribution is -0.146. The second-order valence-corrected chi connectivity index (χ2v) is 6.56. The topological polar surface area (TPSA) is 67.8 Å². The van der Waals surface area contributed by atoms with Gasteiger partial charge in [-0.25, -0.2) is 5.43 Å². The number of benzene rings is 1. The normalized spacial score (nSPS) is 21.3. The van der Waals surface area contributed by atoms with Crippen molar-refractivity contribution in [2.75, 3.05) is 6.61 Å². The molecule has 1 aromatic rings. The third kappa shape index (κ3) is 4.43. The van der Waals surface area contributed by atoms with Crippen LogP contribution in [0.4, 0.5) is 0 Å². The first-order valence-electron chi connectivity index (χ1n) is 8.51. The van der Waals surface area contributed by atoms with Crippen LogP contribution in [0, 0.1) is 17.8 Å². The molecule has 0 spiro atoms. The molecule has 1 amide bonds. The van der Waals surface area contributed by atoms with Gasteiger partial charge in [0.15, 0.2) is 0 Å². The SMILES string of the molecule is CCOC(=O)[C@H](C(C)=NNC(=O)[C@@H]1C[C@@H]1c1ccccc1)C(C)C. The molecule has 0 bridgehead atoms. The van der Waals surface area contributed by atoms with Gasteiger partial charge in [0.05, 0.1) is 12.5 Å². The van der Waals surface area contributed by atoms with E-state index in [1.165, 1.54) is 5.56 Å². The van der Waals surface area contributed by atoms with E-state index in [-0.39, 0.29) is 29.6 Å². The number of nitrogens with zero attached hydrogens (tertiary/aromatic N) is 1. The van der Waals surface area contributed by atoms with E-state index < -0.39 is 5.92 Å². The minimum Gasteiger partial charge on any atom is -0.465 e. The molecule has 0 unspecified atom stereocenters. The maximum Gasteiger partial charge on any atom is 0.314 e. The Morgan fingerprint density at radius 3 is 2.54 bits per heavy atom. The lowest BCUT2D eigenvalue weighted by atomic mass is 9.92. The molecule has 2 rings (SSSR count). The van der Waals surface area contributed by atoms with Gasteiger partial charge in [0, 0.05) is 11.6 Å². The summed E-state index contributed by atoms with van der Waals surface area (Å²) in [5.41, 5.74) is 4.38. The predicted octanol–water partition coefficient (Wildman–Crippen LogP) is 3.12. The zero-order chi connectivity index (χ0) is 17.7. The number of hydrazone groups is 1. The molecule has 0 saturated heterocycles. The lowest BCUT2D eigenvalue weighted by Gasteiger charge is -2.18. The number of carbonyl (C=O) groups excluding carboxylic acids is 2. The molecule has 0 radical (unpaired) electrons. The van der Waals surface area contributed by atoms with Crippen molar-refractivity contribution in [2.45, 2.75) is 40.0 Å². The fourth-order valence-corrected chi connectivity index (χ4v) is 3.01. The van der Waals surface area contributed by atoms with Crippen LogP contribution in [0.5, 0.6) is 0 Å². The minimum atomic E-state index is -0.436. The largest absolute Gasteiger partial charge is 0.465 e. The summed E-state index contributed by atoms with van der Waals surface area (Å²) in [6.45, 7) is 7.75. The number of hydrogen-bond donors (Lipinski definition) is 1. The van der Waals surface area contributed by atoms with Crippen molar-refractivity contribution < 1.29 is 14.3 Å². The molecule has 130 valence electrons. The lowest BCUT2D eigenvalue weighted by Crippen LogP contribution is -2.31. The molecule has 3 atom stereocenters. The standard InChI is InChI=1S/C19H26N2O3/c1-5-24-19(23)17(12(2)3)13(4)20-21-18(22)16-11-15(16)14-9-7-6-8-10-14/h6-10,12,15-17H,5,11H2,1-4H3,(H,21,22)/t15-,16-,17+/m1/s1. The number of hydrogen-bond acceptors (Lipinski definition) is 4. The smallest absolute Gasteiger partial charge is 0.314 e. The Kier molecular flexibility index (Phi) is 6.12. The van der Waals surface area contributed by atoms with E-state index in [0.717, 1.165) is 6.42 Å². The maximum atomic E-state index is 12.2. The van der Waals surface area contributed by atoms with E-state index in [2.05, 4.69) is 10.5 Å². The Morgan fingerprint density at radius 1 is 1.29 bits per heavy atom. The van der Waals surface area contributed by atoms with E-state index >= 15 is 0 Å². The van der Waals surface area contributed by atoms with E-state index in [0.29, 0.717) is 12.3 Å². The van der Waals surface area contributed by atoms with E-state index in [4.69, 9.17) is 4.74 Å². The van der Waals surface area contributed by atoms with Crippen LogP contribution in [-0.4, -0.2) is 24.2 Å². The van der Waals surface area contributed by atoms with Crippen LogP contribution in [0.15, 0.2) is 35.4 Å². The fraction of sp³-hybridized carbons (Fsp3) is 0.526. The Hall–Kier alpha value is -2.17. The predicted molar refractivity (Wildman–Crippen MR) is 93.5 cm³/mol. The number of rotatable bonds is 7. The summed E-state index contributed by atoms with van der Waals surface area (Å²) in [6.07, 6.45) is 0.843. The van der Waals surface area contributed by atoms with Crippen LogP contribution in [0.3, 0.4) is 0 Å². The van der Waals surface area contributed by atoms with Gasteiger partial charge in [-0.1, -0.05) is 44.2 Å². The summed E-state index contributed by atoms with van der Waals surface area (Å²) in [4.78, 5) is 24.3. The van der Waals surface area contributed by atoms with Gasteiger partial charge >= 0.3 is 5.97 Å². The first-order chi connectivity index (χ1) is 11.5. The Balaban J connectivity index is 1.94. The Bertz CT molecular complexity index is 610. The van der Waals surface area contributed by atoms with Crippen LogP contribution in [-0.2, 0) is 14.3 Å². The molecule has 5 nitrogen and oxygen atoms in total. The van der Waals surface area contributed by atoms with Gasteiger partial charge in [0.1, 0.15) is 0 Å². The zero-order valence-corrected chi connectivity index (χ0v) is 14.8. The molecule has 1 N–H and O–H groups in total. The van der Waals surface area contributed by atoms with Gasteiger partial charge in [-0.3, -0.25) is 9.59 Å². The summed E-state index contributed by atoms with van der Waals surface area (Å²) < 4.78 is 5.10. The van der Waals surface area contributed by atoms with Crippen LogP contribution in [0.2, 0.25) is 0 Å². The van der Waals surface area contributed by atoms with Crippen molar-refractivity contribution in [2.24, 2.45) is 22.9 Å². The molecule has 1 aliphatic carbocycles. The van der Waals surface area contributed by atoms with Crippen molar-refractivity contribution in [3.05, 3.63) is 35.9 Å². The second-order valence-electron chi connectivity index (χ2n) is 6.56. The first-order valence-corrected chi connectivity index (χ1v) is 8.51.